The first-order chi connectivity index (χ1) is 11.3. The number of benzene rings is 1. The molecule has 0 aliphatic heterocycles. The quantitative estimate of drug-likeness (QED) is 0.598. The van der Waals surface area contributed by atoms with E-state index in [0.29, 0.717) is 5.75 Å². The minimum absolute atomic E-state index is 0.0251. The van der Waals surface area contributed by atoms with Gasteiger partial charge in [-0.15, -0.1) is 0 Å². The molecule has 0 spiro atoms. The third-order valence-electron chi connectivity index (χ3n) is 3.47. The van der Waals surface area contributed by atoms with Crippen molar-refractivity contribution < 1.29 is 19.1 Å². The number of anilines is 1. The molecule has 0 fully saturated rings. The molecule has 2 atom stereocenters. The summed E-state index contributed by atoms with van der Waals surface area (Å²) < 4.78 is 5.13. The van der Waals surface area contributed by atoms with Crippen molar-refractivity contribution >= 4 is 23.5 Å². The maximum atomic E-state index is 12.1. The van der Waals surface area contributed by atoms with Crippen LogP contribution in [0.25, 0.3) is 0 Å². The van der Waals surface area contributed by atoms with E-state index in [9.17, 15) is 14.4 Å². The summed E-state index contributed by atoms with van der Waals surface area (Å²) in [5, 5.41) is 7.85. The molecule has 0 bridgehead atoms. The zero-order valence-electron chi connectivity index (χ0n) is 14.3. The van der Waals surface area contributed by atoms with E-state index in [1.165, 1.54) is 25.3 Å². The second kappa shape index (κ2) is 8.76. The number of nitrogens with one attached hydrogen (secondary N) is 3. The smallest absolute Gasteiger partial charge is 0.319 e. The fraction of sp³-hybridized carbons (Fsp3) is 0.438. The number of hydrogen-bond acceptors (Lipinski definition) is 4. The lowest BCUT2D eigenvalue weighted by molar-refractivity contribution is -0.123. The Hall–Kier alpha value is -2.77. The van der Waals surface area contributed by atoms with E-state index in [0.717, 1.165) is 6.42 Å². The van der Waals surface area contributed by atoms with Gasteiger partial charge in [0.1, 0.15) is 11.8 Å². The number of carbonyl (C=O) groups excluding carboxylic acids is 3. The number of amides is 4. The maximum absolute atomic E-state index is 12.1. The third-order valence-corrected chi connectivity index (χ3v) is 3.47. The van der Waals surface area contributed by atoms with Gasteiger partial charge < -0.3 is 26.4 Å². The molecule has 0 unspecified atom stereocenters. The Morgan fingerprint density at radius 3 is 2.42 bits per heavy atom. The average molecular weight is 336 g/mol. The average Bonchev–Trinajstić information content (AvgIpc) is 2.54. The summed E-state index contributed by atoms with van der Waals surface area (Å²) >= 11 is 0. The second-order valence-electron chi connectivity index (χ2n) is 5.42. The molecule has 0 radical (unpaired) electrons. The molecule has 1 rings (SSSR count). The van der Waals surface area contributed by atoms with E-state index < -0.39 is 18.0 Å². The zero-order valence-corrected chi connectivity index (χ0v) is 14.3. The van der Waals surface area contributed by atoms with Crippen molar-refractivity contribution in [1.82, 2.24) is 10.6 Å². The Kier molecular flexibility index (Phi) is 7.03. The normalized spacial score (nSPS) is 12.7. The Bertz CT molecular complexity index is 618. The van der Waals surface area contributed by atoms with E-state index >= 15 is 0 Å². The first kappa shape index (κ1) is 19.3. The number of carbonyl (C=O) groups is 3. The van der Waals surface area contributed by atoms with Crippen LogP contribution in [0.3, 0.4) is 0 Å². The van der Waals surface area contributed by atoms with Gasteiger partial charge in [-0.05, 0) is 38.5 Å². The zero-order chi connectivity index (χ0) is 18.3. The highest BCUT2D eigenvalue weighted by Gasteiger charge is 2.18. The van der Waals surface area contributed by atoms with E-state index in [2.05, 4.69) is 16.0 Å². The molecule has 24 heavy (non-hydrogen) atoms. The number of hydrogen-bond donors (Lipinski definition) is 4. The van der Waals surface area contributed by atoms with Crippen molar-refractivity contribution in [1.29, 1.82) is 0 Å². The molecule has 8 heteroatoms. The lowest BCUT2D eigenvalue weighted by atomic mass is 10.2. The molecule has 132 valence electrons. The highest BCUT2D eigenvalue weighted by Crippen LogP contribution is 2.25. The molecule has 0 heterocycles. The second-order valence-corrected chi connectivity index (χ2v) is 5.42. The lowest BCUT2D eigenvalue weighted by Crippen LogP contribution is -2.48. The summed E-state index contributed by atoms with van der Waals surface area (Å²) in [4.78, 5) is 35.2. The molecule has 4 amide bonds. The SMILES string of the molecule is CC[C@H](C)NC(=O)[C@H](C)NC(=O)Nc1cc(C(N)=O)ccc1OC. The van der Waals surface area contributed by atoms with Crippen molar-refractivity contribution in [2.75, 3.05) is 12.4 Å². The highest BCUT2D eigenvalue weighted by atomic mass is 16.5. The van der Waals surface area contributed by atoms with Crippen LogP contribution in [0.1, 0.15) is 37.6 Å². The Labute approximate surface area is 141 Å². The summed E-state index contributed by atoms with van der Waals surface area (Å²) in [6.07, 6.45) is 0.793. The highest BCUT2D eigenvalue weighted by molar-refractivity contribution is 5.98. The van der Waals surface area contributed by atoms with Crippen molar-refractivity contribution in [3.63, 3.8) is 0 Å². The number of primary amides is 1. The summed E-state index contributed by atoms with van der Waals surface area (Å²) in [5.74, 6) is -0.536. The fourth-order valence-electron chi connectivity index (χ4n) is 1.85. The van der Waals surface area contributed by atoms with E-state index in [1.54, 1.807) is 6.92 Å². The van der Waals surface area contributed by atoms with Crippen molar-refractivity contribution in [3.05, 3.63) is 23.8 Å². The molecule has 0 aliphatic carbocycles. The number of nitrogens with two attached hydrogens (primary N) is 1. The van der Waals surface area contributed by atoms with Crippen molar-refractivity contribution in [3.8, 4) is 5.75 Å². The Balaban J connectivity index is 2.75. The van der Waals surface area contributed by atoms with Crippen LogP contribution in [0.2, 0.25) is 0 Å². The lowest BCUT2D eigenvalue weighted by Gasteiger charge is -2.18. The Morgan fingerprint density at radius 2 is 1.88 bits per heavy atom. The van der Waals surface area contributed by atoms with E-state index in [1.807, 2.05) is 13.8 Å². The van der Waals surface area contributed by atoms with Gasteiger partial charge in [0.15, 0.2) is 0 Å². The predicted octanol–water partition coefficient (Wildman–Crippen LogP) is 1.22. The summed E-state index contributed by atoms with van der Waals surface area (Å²) in [7, 11) is 1.44. The monoisotopic (exact) mass is 336 g/mol. The number of methoxy groups -OCH3 is 1. The van der Waals surface area contributed by atoms with Gasteiger partial charge in [-0.1, -0.05) is 6.92 Å². The topological polar surface area (TPSA) is 123 Å². The van der Waals surface area contributed by atoms with Crippen LogP contribution in [0.15, 0.2) is 18.2 Å². The van der Waals surface area contributed by atoms with Crippen LogP contribution in [-0.2, 0) is 4.79 Å². The molecule has 0 aliphatic rings. The van der Waals surface area contributed by atoms with E-state index in [4.69, 9.17) is 10.5 Å². The van der Waals surface area contributed by atoms with Gasteiger partial charge in [0.25, 0.3) is 0 Å². The summed E-state index contributed by atoms with van der Waals surface area (Å²) in [6.45, 7) is 5.41. The van der Waals surface area contributed by atoms with Crippen LogP contribution in [0.5, 0.6) is 5.75 Å². The molecule has 1 aromatic carbocycles. The molecule has 8 nitrogen and oxygen atoms in total. The van der Waals surface area contributed by atoms with Gasteiger partial charge in [-0.2, -0.15) is 0 Å². The molecule has 0 saturated carbocycles. The first-order valence-corrected chi connectivity index (χ1v) is 7.64. The van der Waals surface area contributed by atoms with Gasteiger partial charge >= 0.3 is 6.03 Å². The standard InChI is InChI=1S/C16H24N4O4/c1-5-9(2)18-15(22)10(3)19-16(23)20-12-8-11(14(17)21)6-7-13(12)24-4/h6-10H,5H2,1-4H3,(H2,17,21)(H,18,22)(H2,19,20,23)/t9-,10-/m0/s1. The maximum Gasteiger partial charge on any atom is 0.319 e. The van der Waals surface area contributed by atoms with Gasteiger partial charge in [-0.25, -0.2) is 4.79 Å². The minimum Gasteiger partial charge on any atom is -0.495 e. The van der Waals surface area contributed by atoms with Gasteiger partial charge in [-0.3, -0.25) is 9.59 Å². The number of urea groups is 1. The van der Waals surface area contributed by atoms with Gasteiger partial charge in [0.05, 0.1) is 12.8 Å². The van der Waals surface area contributed by atoms with Gasteiger partial charge in [0, 0.05) is 11.6 Å². The molecule has 1 aromatic rings. The van der Waals surface area contributed by atoms with Gasteiger partial charge in [0.2, 0.25) is 11.8 Å². The molecule has 0 saturated heterocycles. The summed E-state index contributed by atoms with van der Waals surface area (Å²) in [6, 6.07) is 3.13. The number of rotatable bonds is 7. The van der Waals surface area contributed by atoms with Crippen molar-refractivity contribution in [2.24, 2.45) is 5.73 Å². The summed E-state index contributed by atoms with van der Waals surface area (Å²) in [5.41, 5.74) is 5.73. The van der Waals surface area contributed by atoms with Crippen LogP contribution in [0.4, 0.5) is 10.5 Å². The molecule has 0 aromatic heterocycles. The predicted molar refractivity (Wildman–Crippen MR) is 91.0 cm³/mol. The van der Waals surface area contributed by atoms with Crippen molar-refractivity contribution in [2.45, 2.75) is 39.3 Å². The Morgan fingerprint density at radius 1 is 1.21 bits per heavy atom. The van der Waals surface area contributed by atoms with Crippen LogP contribution in [-0.4, -0.2) is 37.0 Å². The molecule has 5 N–H and O–H groups in total. The van der Waals surface area contributed by atoms with Crippen LogP contribution < -0.4 is 26.4 Å². The third kappa shape index (κ3) is 5.45. The van der Waals surface area contributed by atoms with Crippen LogP contribution >= 0.6 is 0 Å². The first-order valence-electron chi connectivity index (χ1n) is 7.64. The fourth-order valence-corrected chi connectivity index (χ4v) is 1.85. The molecular formula is C16H24N4O4. The minimum atomic E-state index is -0.718. The van der Waals surface area contributed by atoms with Crippen LogP contribution in [0, 0.1) is 0 Å². The molecular weight excluding hydrogens is 312 g/mol. The largest absolute Gasteiger partial charge is 0.495 e. The van der Waals surface area contributed by atoms with E-state index in [-0.39, 0.29) is 23.2 Å². The number of ether oxygens (including phenoxy) is 1.